The highest BCUT2D eigenvalue weighted by atomic mass is 16.6. The smallest absolute Gasteiger partial charge is 0.320 e. The number of oxime groups is 2. The maximum Gasteiger partial charge on any atom is 0.320 e. The molecule has 2 aromatic rings. The van der Waals surface area contributed by atoms with Crippen molar-refractivity contribution in [3.8, 4) is 0 Å². The lowest BCUT2D eigenvalue weighted by Crippen LogP contribution is -2.32. The van der Waals surface area contributed by atoms with Gasteiger partial charge in [-0.05, 0) is 70.1 Å². The van der Waals surface area contributed by atoms with Gasteiger partial charge in [0.05, 0.1) is 11.4 Å². The monoisotopic (exact) mass is 570 g/mol. The summed E-state index contributed by atoms with van der Waals surface area (Å²) in [5, 5.41) is 25.1. The van der Waals surface area contributed by atoms with E-state index in [1.165, 1.54) is 5.56 Å². The zero-order chi connectivity index (χ0) is 30.8. The Morgan fingerprint density at radius 3 is 1.56 bits per heavy atom. The number of carbonyl (C=O) groups is 3. The molecule has 0 bridgehead atoms. The minimum Gasteiger partial charge on any atom is -0.480 e. The summed E-state index contributed by atoms with van der Waals surface area (Å²) in [6.45, 7) is 8.22. The van der Waals surface area contributed by atoms with E-state index in [0.29, 0.717) is 18.6 Å². The maximum atomic E-state index is 11.9. The van der Waals surface area contributed by atoms with Crippen molar-refractivity contribution in [2.24, 2.45) is 21.8 Å². The second kappa shape index (κ2) is 19.1. The van der Waals surface area contributed by atoms with E-state index in [2.05, 4.69) is 10.3 Å². The van der Waals surface area contributed by atoms with Gasteiger partial charge in [0.1, 0.15) is 25.3 Å². The highest BCUT2D eigenvalue weighted by Gasteiger charge is 2.13. The third-order valence-corrected chi connectivity index (χ3v) is 5.46. The molecule has 6 N–H and O–H groups in total. The fourth-order valence-electron chi connectivity index (χ4n) is 3.32. The van der Waals surface area contributed by atoms with Gasteiger partial charge < -0.3 is 31.4 Å². The Labute approximate surface area is 241 Å². The molecule has 41 heavy (non-hydrogen) atoms. The van der Waals surface area contributed by atoms with E-state index in [0.717, 1.165) is 35.4 Å². The molecule has 0 aliphatic carbocycles. The average molecular weight is 571 g/mol. The van der Waals surface area contributed by atoms with Gasteiger partial charge in [-0.3, -0.25) is 14.4 Å². The van der Waals surface area contributed by atoms with Crippen molar-refractivity contribution < 1.29 is 34.3 Å². The van der Waals surface area contributed by atoms with Crippen molar-refractivity contribution >= 4 is 29.1 Å². The number of nitrogens with zero attached hydrogens (tertiary/aromatic N) is 2. The molecule has 0 amide bonds. The van der Waals surface area contributed by atoms with E-state index < -0.39 is 24.0 Å². The molecule has 11 nitrogen and oxygen atoms in total. The van der Waals surface area contributed by atoms with Crippen LogP contribution in [0.1, 0.15) is 67.6 Å². The molecule has 0 fully saturated rings. The summed E-state index contributed by atoms with van der Waals surface area (Å²) >= 11 is 0. The van der Waals surface area contributed by atoms with Crippen LogP contribution >= 0.6 is 0 Å². The second-order valence-corrected chi connectivity index (χ2v) is 9.83. The van der Waals surface area contributed by atoms with Gasteiger partial charge in [-0.15, -0.1) is 0 Å². The van der Waals surface area contributed by atoms with E-state index in [9.17, 15) is 14.4 Å². The number of Topliss-reactive ketones (excluding diaryl/α,β-unsaturated/α-hetero) is 1. The fraction of sp³-hybridized carbons (Fsp3) is 0.433. The van der Waals surface area contributed by atoms with Crippen LogP contribution in [0.15, 0.2) is 58.8 Å². The van der Waals surface area contributed by atoms with Crippen LogP contribution in [0, 0.1) is 0 Å². The molecular weight excluding hydrogens is 528 g/mol. The second-order valence-electron chi connectivity index (χ2n) is 9.83. The zero-order valence-corrected chi connectivity index (χ0v) is 24.2. The van der Waals surface area contributed by atoms with Crippen molar-refractivity contribution in [2.45, 2.75) is 71.9 Å². The Hall–Kier alpha value is -4.09. The highest BCUT2D eigenvalue weighted by Crippen LogP contribution is 2.10. The summed E-state index contributed by atoms with van der Waals surface area (Å²) in [7, 11) is 0. The van der Waals surface area contributed by atoms with Gasteiger partial charge in [0.15, 0.2) is 5.78 Å². The molecule has 2 unspecified atom stereocenters. The number of hydrogen-bond acceptors (Lipinski definition) is 9. The minimum absolute atomic E-state index is 0.0481. The largest absolute Gasteiger partial charge is 0.480 e. The number of rotatable bonds is 16. The molecule has 0 heterocycles. The number of nitrogens with two attached hydrogens (primary N) is 2. The topological polar surface area (TPSA) is 187 Å². The number of benzene rings is 2. The van der Waals surface area contributed by atoms with Crippen LogP contribution in [-0.4, -0.2) is 64.7 Å². The van der Waals surface area contributed by atoms with Crippen LogP contribution in [0.4, 0.5) is 0 Å². The van der Waals surface area contributed by atoms with Crippen molar-refractivity contribution in [3.63, 3.8) is 0 Å². The first kappa shape index (κ1) is 34.9. The van der Waals surface area contributed by atoms with Gasteiger partial charge in [-0.1, -0.05) is 58.8 Å². The van der Waals surface area contributed by atoms with Crippen molar-refractivity contribution in [2.75, 3.05) is 13.2 Å². The predicted molar refractivity (Wildman–Crippen MR) is 158 cm³/mol. The zero-order valence-electron chi connectivity index (χ0n) is 24.2. The number of carboxylic acid groups (broad SMARTS) is 2. The molecule has 0 aliphatic rings. The minimum atomic E-state index is -1.04. The van der Waals surface area contributed by atoms with Gasteiger partial charge in [0.2, 0.25) is 0 Å². The molecule has 0 saturated heterocycles. The summed E-state index contributed by atoms with van der Waals surface area (Å²) in [5.74, 6) is -2.06. The average Bonchev–Trinajstić information content (AvgIpc) is 2.92. The summed E-state index contributed by atoms with van der Waals surface area (Å²) in [5.41, 5.74) is 16.1. The highest BCUT2D eigenvalue weighted by molar-refractivity contribution is 5.96. The SMILES string of the molecule is CC(C)=NOCCC(=O)c1ccc(CC(N)C(=O)O)cc1.CC(C)=NOCCCc1ccc(CC(N)C(=O)O)cc1. The van der Waals surface area contributed by atoms with Gasteiger partial charge >= 0.3 is 11.9 Å². The first-order valence-corrected chi connectivity index (χ1v) is 13.3. The molecular formula is C30H42N4O7. The van der Waals surface area contributed by atoms with Crippen LogP contribution < -0.4 is 11.5 Å². The van der Waals surface area contributed by atoms with E-state index in [1.54, 1.807) is 24.3 Å². The Balaban J connectivity index is 0.000000410. The third kappa shape index (κ3) is 15.9. The Kier molecular flexibility index (Phi) is 16.2. The molecule has 2 aromatic carbocycles. The molecule has 0 saturated carbocycles. The molecule has 2 rings (SSSR count). The molecule has 0 radical (unpaired) electrons. The molecule has 0 aliphatic heterocycles. The van der Waals surface area contributed by atoms with Gasteiger partial charge in [0, 0.05) is 12.0 Å². The van der Waals surface area contributed by atoms with Gasteiger partial charge in [-0.25, -0.2) is 0 Å². The Morgan fingerprint density at radius 1 is 0.707 bits per heavy atom. The summed E-state index contributed by atoms with van der Waals surface area (Å²) in [6.07, 6.45) is 2.62. The number of aryl methyl sites for hydroxylation is 1. The molecule has 224 valence electrons. The number of carboxylic acids is 2. The quantitative estimate of drug-likeness (QED) is 0.101. The molecule has 0 aromatic heterocycles. The van der Waals surface area contributed by atoms with E-state index >= 15 is 0 Å². The van der Waals surface area contributed by atoms with E-state index in [4.69, 9.17) is 31.4 Å². The standard InChI is InChI=1S/C15H20N2O4.C15H22N2O3/c1-10(2)17-21-8-7-14(18)12-5-3-11(4-6-12)9-13(16)15(19)20;1-11(2)17-20-9-3-4-12-5-7-13(8-6-12)10-14(16)15(18)19/h3-6,13H,7-9,16H2,1-2H3,(H,19,20);5-8,14H,3-4,9-10,16H2,1-2H3,(H,18,19). The third-order valence-electron chi connectivity index (χ3n) is 5.46. The summed E-state index contributed by atoms with van der Waals surface area (Å²) in [6, 6.07) is 12.8. The normalized spacial score (nSPS) is 11.7. The lowest BCUT2D eigenvalue weighted by molar-refractivity contribution is -0.139. The molecule has 2 atom stereocenters. The van der Waals surface area contributed by atoms with Gasteiger partial charge in [-0.2, -0.15) is 0 Å². The first-order valence-electron chi connectivity index (χ1n) is 13.3. The first-order chi connectivity index (χ1) is 19.4. The van der Waals surface area contributed by atoms with Crippen molar-refractivity contribution in [3.05, 3.63) is 70.8 Å². The molecule has 11 heteroatoms. The number of aliphatic carboxylic acids is 2. The predicted octanol–water partition coefficient (Wildman–Crippen LogP) is 3.61. The van der Waals surface area contributed by atoms with Crippen molar-refractivity contribution in [1.29, 1.82) is 0 Å². The van der Waals surface area contributed by atoms with Gasteiger partial charge in [0.25, 0.3) is 0 Å². The van der Waals surface area contributed by atoms with Crippen LogP contribution in [-0.2, 0) is 38.5 Å². The number of hydrogen-bond donors (Lipinski definition) is 4. The summed E-state index contributed by atoms with van der Waals surface area (Å²) in [4.78, 5) is 43.3. The van der Waals surface area contributed by atoms with Crippen molar-refractivity contribution in [1.82, 2.24) is 0 Å². The lowest BCUT2D eigenvalue weighted by Gasteiger charge is -2.07. The Morgan fingerprint density at radius 2 is 1.12 bits per heavy atom. The fourth-order valence-corrected chi connectivity index (χ4v) is 3.32. The van der Waals surface area contributed by atoms with E-state index in [1.807, 2.05) is 52.0 Å². The number of carbonyl (C=O) groups excluding carboxylic acids is 1. The maximum absolute atomic E-state index is 11.9. The Bertz CT molecular complexity index is 1150. The van der Waals surface area contributed by atoms with Crippen LogP contribution in [0.3, 0.4) is 0 Å². The number of ketones is 1. The van der Waals surface area contributed by atoms with Crippen LogP contribution in [0.5, 0.6) is 0 Å². The molecule has 0 spiro atoms. The van der Waals surface area contributed by atoms with E-state index in [-0.39, 0.29) is 25.2 Å². The van der Waals surface area contributed by atoms with Crippen LogP contribution in [0.2, 0.25) is 0 Å². The van der Waals surface area contributed by atoms with Crippen LogP contribution in [0.25, 0.3) is 0 Å². The summed E-state index contributed by atoms with van der Waals surface area (Å²) < 4.78 is 0. The lowest BCUT2D eigenvalue weighted by atomic mass is 10.0.